The van der Waals surface area contributed by atoms with Crippen LogP contribution in [0.1, 0.15) is 104 Å². The quantitative estimate of drug-likeness (QED) is 0.0345. The normalized spacial score (nSPS) is 19.7. The Hall–Kier alpha value is -3.99. The first-order valence-electron chi connectivity index (χ1n) is 24.2. The number of nitrogens with zero attached hydrogens (tertiary/aromatic N) is 3. The molecule has 70 heavy (non-hydrogen) atoms. The minimum absolute atomic E-state index is 0.0417. The summed E-state index contributed by atoms with van der Waals surface area (Å²) >= 11 is 0. The maximum Gasteiger partial charge on any atom is 0.330 e. The van der Waals surface area contributed by atoms with Gasteiger partial charge >= 0.3 is 5.69 Å². The second-order valence-electron chi connectivity index (χ2n) is 21.8. The van der Waals surface area contributed by atoms with Crippen molar-refractivity contribution in [2.24, 2.45) is 0 Å². The molecule has 5 atom stereocenters. The number of hydrogen-bond acceptors (Lipinski definition) is 12. The first-order valence-corrected chi connectivity index (χ1v) is 31.2. The lowest BCUT2D eigenvalue weighted by Crippen LogP contribution is -2.58. The number of aromatic amines is 1. The van der Waals surface area contributed by atoms with E-state index in [0.717, 1.165) is 16.7 Å². The van der Waals surface area contributed by atoms with E-state index in [2.05, 4.69) is 111 Å². The summed E-state index contributed by atoms with van der Waals surface area (Å²) in [4.78, 5) is 29.9. The van der Waals surface area contributed by atoms with E-state index < -0.39 is 66.0 Å². The van der Waals surface area contributed by atoms with Gasteiger partial charge in [0.2, 0.25) is 0 Å². The molecule has 0 saturated carbocycles. The number of aromatic nitrogens is 2. The first kappa shape index (κ1) is 56.9. The molecule has 1 N–H and O–H groups in total. The zero-order valence-corrected chi connectivity index (χ0v) is 47.6. The molecule has 4 aromatic rings. The van der Waals surface area contributed by atoms with Crippen LogP contribution in [0.25, 0.3) is 0 Å². The number of rotatable bonds is 22. The zero-order valence-electron chi connectivity index (χ0n) is 44.7. The lowest BCUT2D eigenvalue weighted by molar-refractivity contribution is -0.173. The number of H-pyrrole nitrogens is 1. The van der Waals surface area contributed by atoms with Gasteiger partial charge in [0, 0.05) is 23.8 Å². The molecular formula is C53H79N4O10PSi2. The molecule has 384 valence electrons. The van der Waals surface area contributed by atoms with E-state index in [4.69, 9.17) is 36.8 Å². The number of methoxy groups -OCH3 is 2. The number of aryl methyl sites for hydroxylation is 1. The van der Waals surface area contributed by atoms with E-state index in [0.29, 0.717) is 17.1 Å². The van der Waals surface area contributed by atoms with E-state index in [9.17, 15) is 14.9 Å². The number of ether oxygens (including phenoxy) is 4. The van der Waals surface area contributed by atoms with Gasteiger partial charge in [0.15, 0.2) is 22.9 Å². The van der Waals surface area contributed by atoms with Crippen molar-refractivity contribution in [3.8, 4) is 17.6 Å². The number of nitriles is 1. The fourth-order valence-corrected chi connectivity index (χ4v) is 12.2. The smallest absolute Gasteiger partial charge is 0.330 e. The molecule has 1 aliphatic rings. The van der Waals surface area contributed by atoms with Crippen LogP contribution in [0, 0.1) is 18.3 Å². The predicted molar refractivity (Wildman–Crippen MR) is 282 cm³/mol. The summed E-state index contributed by atoms with van der Waals surface area (Å²) in [6.07, 6.45) is -1.54. The van der Waals surface area contributed by atoms with Gasteiger partial charge in [-0.25, -0.2) is 9.46 Å². The molecule has 1 fully saturated rings. The van der Waals surface area contributed by atoms with Crippen molar-refractivity contribution in [3.63, 3.8) is 0 Å². The van der Waals surface area contributed by atoms with Crippen LogP contribution >= 0.6 is 8.53 Å². The molecule has 3 aromatic carbocycles. The molecule has 1 aliphatic heterocycles. The highest BCUT2D eigenvalue weighted by Gasteiger charge is 2.63. The summed E-state index contributed by atoms with van der Waals surface area (Å²) in [6, 6.07) is 27.8. The second-order valence-corrected chi connectivity index (χ2v) is 32.8. The number of nitrogens with one attached hydrogen (secondary N) is 1. The third kappa shape index (κ3) is 12.4. The third-order valence-corrected chi connectivity index (χ3v) is 25.2. The Morgan fingerprint density at radius 2 is 1.31 bits per heavy atom. The summed E-state index contributed by atoms with van der Waals surface area (Å²) in [5, 5.41) is 9.22. The molecule has 1 saturated heterocycles. The molecule has 0 bridgehead atoms. The van der Waals surface area contributed by atoms with Crippen molar-refractivity contribution < 1.29 is 36.8 Å². The molecule has 1 unspecified atom stereocenters. The van der Waals surface area contributed by atoms with Gasteiger partial charge in [0.25, 0.3) is 14.1 Å². The maximum atomic E-state index is 14.3. The maximum absolute atomic E-state index is 14.3. The summed E-state index contributed by atoms with van der Waals surface area (Å²) in [7, 11) is -4.13. The van der Waals surface area contributed by atoms with Gasteiger partial charge in [0.1, 0.15) is 34.9 Å². The van der Waals surface area contributed by atoms with E-state index in [1.165, 1.54) is 10.8 Å². The van der Waals surface area contributed by atoms with Gasteiger partial charge in [-0.2, -0.15) is 5.26 Å². The fourth-order valence-electron chi connectivity index (χ4n) is 8.10. The van der Waals surface area contributed by atoms with Gasteiger partial charge < -0.3 is 36.8 Å². The summed E-state index contributed by atoms with van der Waals surface area (Å²) in [5.41, 5.74) is -1.31. The fraction of sp³-hybridized carbons (Fsp3) is 0.566. The largest absolute Gasteiger partial charge is 0.497 e. The zero-order chi connectivity index (χ0) is 52.0. The van der Waals surface area contributed by atoms with Crippen molar-refractivity contribution in [2.75, 3.05) is 34.0 Å². The topological polar surface area (TPSA) is 156 Å². The van der Waals surface area contributed by atoms with Crippen LogP contribution in [0.2, 0.25) is 36.3 Å². The Balaban J connectivity index is 1.93. The van der Waals surface area contributed by atoms with Crippen molar-refractivity contribution in [3.05, 3.63) is 128 Å². The second kappa shape index (κ2) is 22.8. The van der Waals surface area contributed by atoms with E-state index in [1.54, 1.807) is 21.1 Å². The van der Waals surface area contributed by atoms with Crippen LogP contribution in [0.5, 0.6) is 11.5 Å². The Kier molecular flexibility index (Phi) is 18.6. The minimum Gasteiger partial charge on any atom is -0.497 e. The summed E-state index contributed by atoms with van der Waals surface area (Å²) < 4.78 is 59.6. The Morgan fingerprint density at radius 3 is 1.79 bits per heavy atom. The Bertz CT molecular complexity index is 2430. The van der Waals surface area contributed by atoms with Gasteiger partial charge in [-0.1, -0.05) is 96.1 Å². The third-order valence-electron chi connectivity index (χ3n) is 14.2. The van der Waals surface area contributed by atoms with Crippen LogP contribution in [-0.4, -0.2) is 94.8 Å². The lowest BCUT2D eigenvalue weighted by Gasteiger charge is -2.46. The summed E-state index contributed by atoms with van der Waals surface area (Å²) in [5.74, 6) is 1.35. The molecule has 2 heterocycles. The molecule has 14 nitrogen and oxygen atoms in total. The van der Waals surface area contributed by atoms with E-state index in [1.807, 2.05) is 78.9 Å². The monoisotopic (exact) mass is 1020 g/mol. The van der Waals surface area contributed by atoms with Crippen LogP contribution in [0.4, 0.5) is 0 Å². The van der Waals surface area contributed by atoms with Crippen LogP contribution in [-0.2, 0) is 33.0 Å². The van der Waals surface area contributed by atoms with Crippen LogP contribution < -0.4 is 20.7 Å². The average Bonchev–Trinajstić information content (AvgIpc) is 3.57. The van der Waals surface area contributed by atoms with E-state index >= 15 is 0 Å². The van der Waals surface area contributed by atoms with Crippen LogP contribution in [0.3, 0.4) is 0 Å². The summed E-state index contributed by atoms with van der Waals surface area (Å²) in [6.45, 7) is 31.6. The first-order chi connectivity index (χ1) is 32.7. The van der Waals surface area contributed by atoms with Gasteiger partial charge in [0.05, 0.1) is 46.5 Å². The molecule has 0 spiro atoms. The minimum atomic E-state index is -2.80. The van der Waals surface area contributed by atoms with Crippen molar-refractivity contribution in [1.29, 1.82) is 5.26 Å². The highest BCUT2D eigenvalue weighted by Crippen LogP contribution is 2.55. The lowest BCUT2D eigenvalue weighted by atomic mass is 9.79. The highest BCUT2D eigenvalue weighted by atomic mass is 31.2. The van der Waals surface area contributed by atoms with Gasteiger partial charge in [-0.3, -0.25) is 14.3 Å². The molecule has 0 radical (unpaired) electrons. The Morgan fingerprint density at radius 1 is 0.800 bits per heavy atom. The highest BCUT2D eigenvalue weighted by molar-refractivity contribution is 7.44. The molecule has 1 aromatic heterocycles. The molecule has 0 aliphatic carbocycles. The van der Waals surface area contributed by atoms with Gasteiger partial charge in [-0.05, 0) is 112 Å². The van der Waals surface area contributed by atoms with Crippen molar-refractivity contribution in [2.45, 2.75) is 161 Å². The van der Waals surface area contributed by atoms with Crippen LogP contribution in [0.15, 0.2) is 94.6 Å². The van der Waals surface area contributed by atoms with E-state index in [-0.39, 0.29) is 48.4 Å². The predicted octanol–water partition coefficient (Wildman–Crippen LogP) is 11.2. The number of hydrogen-bond donors (Lipinski definition) is 1. The Labute approximate surface area is 420 Å². The molecule has 0 amide bonds. The molecular weight excluding hydrogens is 940 g/mol. The van der Waals surface area contributed by atoms with Crippen molar-refractivity contribution >= 4 is 25.2 Å². The van der Waals surface area contributed by atoms with Gasteiger partial charge in [-0.15, -0.1) is 0 Å². The molecule has 5 rings (SSSR count). The standard InChI is InChI=1S/C53H79N4O10PSi2/c1-37(2)57(38(3)4)68(63-33-21-32-54)66-46-45(67-70(16,17)51(9,10)11)48(56-34-39(5)47(58)55-49(56)59)65-52(46,36-64-69(14,15)50(6,7)8)35-62-53(40-22-19-18-20-23-40,41-24-28-43(60-12)29-25-41)42-26-30-44(61-13)31-27-42/h18-20,22-31,34,37-38,45-46,48H,21,33,35-36H2,1-17H3,(H,55,58,59)/t45-,46+,48+,52+,68?/m0/s1. The van der Waals surface area contributed by atoms with Crippen molar-refractivity contribution in [1.82, 2.24) is 14.2 Å². The average molecular weight is 1020 g/mol. The SMILES string of the molecule is COc1ccc(C(OC[C@]2(CO[Si](C)(C)C(C)(C)C)O[C@@H](n3cc(C)c(=O)[nH]c3=O)[C@@H](O[Si](C)(C)C(C)(C)C)[C@H]2OP(OCCC#N)N(C(C)C)C(C)C)(c2ccccc2)c2ccc(OC)cc2)cc1. The number of benzene rings is 3. The molecule has 17 heteroatoms.